The molecule has 2 aliphatic heterocycles. The number of hydrogen-bond acceptors (Lipinski definition) is 6. The number of hydrogen-bond donors (Lipinski definition) is 0. The first-order valence-corrected chi connectivity index (χ1v) is 11.0. The lowest BCUT2D eigenvalue weighted by Gasteiger charge is -2.31. The first-order valence-electron chi connectivity index (χ1n) is 10.7. The Morgan fingerprint density at radius 2 is 1.71 bits per heavy atom. The van der Waals surface area contributed by atoms with Crippen LogP contribution in [-0.2, 0) is 24.2 Å². The van der Waals surface area contributed by atoms with Crippen molar-refractivity contribution in [3.05, 3.63) is 76.4 Å². The first kappa shape index (κ1) is 20.2. The van der Waals surface area contributed by atoms with Crippen molar-refractivity contribution in [2.75, 3.05) is 37.7 Å². The lowest BCUT2D eigenvalue weighted by Crippen LogP contribution is -2.38. The number of anilines is 1. The largest absolute Gasteiger partial charge is 0.439 e. The molecule has 0 bridgehead atoms. The number of nitrogens with zero attached hydrogens (tertiary/aromatic N) is 4. The molecule has 7 heteroatoms. The standard InChI is InChI=1S/C24H25ClN4O2/c25-19-8-6-18(7-9-19)16-28-11-10-22-21(17-28)23(31-20-4-2-1-3-5-20)27-24(26-22)29-12-14-30-15-13-29/h1-9H,10-17H2. The quantitative estimate of drug-likeness (QED) is 0.593. The van der Waals surface area contributed by atoms with Crippen molar-refractivity contribution in [2.45, 2.75) is 19.5 Å². The molecule has 6 nitrogen and oxygen atoms in total. The molecule has 0 unspecified atom stereocenters. The fraction of sp³-hybridized carbons (Fsp3) is 0.333. The Hall–Kier alpha value is -2.67. The lowest BCUT2D eigenvalue weighted by atomic mass is 10.1. The molecule has 0 spiro atoms. The van der Waals surface area contributed by atoms with E-state index in [0.29, 0.717) is 19.1 Å². The van der Waals surface area contributed by atoms with E-state index in [1.807, 2.05) is 42.5 Å². The molecule has 3 aromatic rings. The average molecular weight is 437 g/mol. The summed E-state index contributed by atoms with van der Waals surface area (Å²) in [4.78, 5) is 14.4. The highest BCUT2D eigenvalue weighted by Crippen LogP contribution is 2.32. The molecule has 0 N–H and O–H groups in total. The Morgan fingerprint density at radius 3 is 2.48 bits per heavy atom. The molecule has 0 atom stereocenters. The second-order valence-corrected chi connectivity index (χ2v) is 8.29. The maximum atomic E-state index is 6.27. The molecule has 2 aromatic carbocycles. The van der Waals surface area contributed by atoms with Crippen molar-refractivity contribution in [3.8, 4) is 11.6 Å². The summed E-state index contributed by atoms with van der Waals surface area (Å²) in [7, 11) is 0. The smallest absolute Gasteiger partial charge is 0.229 e. The van der Waals surface area contributed by atoms with E-state index in [2.05, 4.69) is 21.9 Å². The van der Waals surface area contributed by atoms with Crippen LogP contribution in [0.5, 0.6) is 11.6 Å². The number of aromatic nitrogens is 2. The summed E-state index contributed by atoms with van der Waals surface area (Å²) in [6.45, 7) is 5.54. The molecule has 0 radical (unpaired) electrons. The molecule has 0 amide bonds. The van der Waals surface area contributed by atoms with Crippen molar-refractivity contribution in [3.63, 3.8) is 0 Å². The molecular weight excluding hydrogens is 412 g/mol. The van der Waals surface area contributed by atoms with Crippen molar-refractivity contribution >= 4 is 17.5 Å². The van der Waals surface area contributed by atoms with Gasteiger partial charge in [-0.2, -0.15) is 4.98 Å². The number of benzene rings is 2. The SMILES string of the molecule is Clc1ccc(CN2CCc3nc(N4CCOCC4)nc(Oc4ccccc4)c3C2)cc1. The number of fused-ring (bicyclic) bond motifs is 1. The molecule has 1 fully saturated rings. The molecule has 0 aliphatic carbocycles. The highest BCUT2D eigenvalue weighted by molar-refractivity contribution is 6.30. The molecule has 1 aromatic heterocycles. The third-order valence-electron chi connectivity index (χ3n) is 5.66. The van der Waals surface area contributed by atoms with Crippen LogP contribution < -0.4 is 9.64 Å². The predicted molar refractivity (Wildman–Crippen MR) is 121 cm³/mol. The Bertz CT molecular complexity index is 1020. The van der Waals surface area contributed by atoms with Crippen molar-refractivity contribution in [1.82, 2.24) is 14.9 Å². The van der Waals surface area contributed by atoms with Crippen LogP contribution in [0.2, 0.25) is 5.02 Å². The maximum absolute atomic E-state index is 6.27. The van der Waals surface area contributed by atoms with Crippen LogP contribution in [0.1, 0.15) is 16.8 Å². The Balaban J connectivity index is 1.43. The van der Waals surface area contributed by atoms with Gasteiger partial charge in [0.05, 0.1) is 24.5 Å². The highest BCUT2D eigenvalue weighted by Gasteiger charge is 2.26. The fourth-order valence-electron chi connectivity index (χ4n) is 4.00. The van der Waals surface area contributed by atoms with Crippen molar-refractivity contribution < 1.29 is 9.47 Å². The van der Waals surface area contributed by atoms with Crippen LogP contribution in [0.4, 0.5) is 5.95 Å². The number of para-hydroxylation sites is 1. The van der Waals surface area contributed by atoms with Gasteiger partial charge in [-0.1, -0.05) is 41.9 Å². The van der Waals surface area contributed by atoms with Gasteiger partial charge in [-0.25, -0.2) is 4.98 Å². The Morgan fingerprint density at radius 1 is 0.935 bits per heavy atom. The second-order valence-electron chi connectivity index (χ2n) is 7.86. The van der Waals surface area contributed by atoms with Gasteiger partial charge in [0.15, 0.2) is 0 Å². The summed E-state index contributed by atoms with van der Waals surface area (Å²) in [6, 6.07) is 17.9. The van der Waals surface area contributed by atoms with Crippen LogP contribution in [0, 0.1) is 0 Å². The van der Waals surface area contributed by atoms with Crippen LogP contribution in [-0.4, -0.2) is 47.7 Å². The zero-order valence-electron chi connectivity index (χ0n) is 17.3. The van der Waals surface area contributed by atoms with E-state index in [4.69, 9.17) is 31.0 Å². The van der Waals surface area contributed by atoms with E-state index in [0.717, 1.165) is 67.1 Å². The lowest BCUT2D eigenvalue weighted by molar-refractivity contribution is 0.122. The van der Waals surface area contributed by atoms with Gasteiger partial charge in [0, 0.05) is 44.2 Å². The molecule has 160 valence electrons. The van der Waals surface area contributed by atoms with E-state index in [9.17, 15) is 0 Å². The van der Waals surface area contributed by atoms with E-state index in [1.165, 1.54) is 5.56 Å². The maximum Gasteiger partial charge on any atom is 0.229 e. The normalized spacial score (nSPS) is 16.7. The third kappa shape index (κ3) is 4.82. The van der Waals surface area contributed by atoms with Gasteiger partial charge in [0.2, 0.25) is 11.8 Å². The van der Waals surface area contributed by atoms with Gasteiger partial charge in [-0.15, -0.1) is 0 Å². The van der Waals surface area contributed by atoms with Gasteiger partial charge >= 0.3 is 0 Å². The van der Waals surface area contributed by atoms with Gasteiger partial charge in [-0.3, -0.25) is 4.90 Å². The van der Waals surface area contributed by atoms with Crippen LogP contribution in [0.25, 0.3) is 0 Å². The Labute approximate surface area is 187 Å². The fourth-order valence-corrected chi connectivity index (χ4v) is 4.13. The minimum absolute atomic E-state index is 0.651. The minimum Gasteiger partial charge on any atom is -0.439 e. The van der Waals surface area contributed by atoms with E-state index in [-0.39, 0.29) is 0 Å². The first-order chi connectivity index (χ1) is 15.2. The van der Waals surface area contributed by atoms with Gasteiger partial charge in [0.25, 0.3) is 0 Å². The molecule has 31 heavy (non-hydrogen) atoms. The summed E-state index contributed by atoms with van der Waals surface area (Å²) in [5.74, 6) is 2.17. The molecule has 2 aliphatic rings. The van der Waals surface area contributed by atoms with Crippen LogP contribution in [0.3, 0.4) is 0 Å². The molecule has 3 heterocycles. The summed E-state index contributed by atoms with van der Waals surface area (Å²) < 4.78 is 11.8. The zero-order valence-corrected chi connectivity index (χ0v) is 18.1. The van der Waals surface area contributed by atoms with Gasteiger partial charge in [0.1, 0.15) is 5.75 Å². The number of rotatable bonds is 5. The topological polar surface area (TPSA) is 50.7 Å². The minimum atomic E-state index is 0.651. The van der Waals surface area contributed by atoms with Crippen LogP contribution >= 0.6 is 11.6 Å². The number of halogens is 1. The molecule has 5 rings (SSSR count). The number of morpholine rings is 1. The number of ether oxygens (including phenoxy) is 2. The third-order valence-corrected chi connectivity index (χ3v) is 5.91. The highest BCUT2D eigenvalue weighted by atomic mass is 35.5. The van der Waals surface area contributed by atoms with Crippen LogP contribution in [0.15, 0.2) is 54.6 Å². The monoisotopic (exact) mass is 436 g/mol. The molecule has 0 saturated carbocycles. The van der Waals surface area contributed by atoms with E-state index < -0.39 is 0 Å². The van der Waals surface area contributed by atoms with Gasteiger partial charge in [-0.05, 0) is 29.8 Å². The summed E-state index contributed by atoms with van der Waals surface area (Å²) in [5, 5.41) is 0.760. The zero-order chi connectivity index (χ0) is 21.0. The summed E-state index contributed by atoms with van der Waals surface area (Å²) >= 11 is 6.04. The van der Waals surface area contributed by atoms with Crippen molar-refractivity contribution in [2.24, 2.45) is 0 Å². The molecular formula is C24H25ClN4O2. The van der Waals surface area contributed by atoms with E-state index >= 15 is 0 Å². The molecule has 1 saturated heterocycles. The second kappa shape index (κ2) is 9.22. The Kier molecular flexibility index (Phi) is 6.02. The van der Waals surface area contributed by atoms with E-state index in [1.54, 1.807) is 0 Å². The van der Waals surface area contributed by atoms with Crippen molar-refractivity contribution in [1.29, 1.82) is 0 Å². The van der Waals surface area contributed by atoms with Gasteiger partial charge < -0.3 is 14.4 Å². The predicted octanol–water partition coefficient (Wildman–Crippen LogP) is 4.32. The summed E-state index contributed by atoms with van der Waals surface area (Å²) in [5.41, 5.74) is 3.39. The average Bonchev–Trinajstić information content (AvgIpc) is 2.82. The summed E-state index contributed by atoms with van der Waals surface area (Å²) in [6.07, 6.45) is 0.869.